The first-order valence-corrected chi connectivity index (χ1v) is 7.14. The summed E-state index contributed by atoms with van der Waals surface area (Å²) in [7, 11) is 1.79. The predicted octanol–water partition coefficient (Wildman–Crippen LogP) is 0.731. The van der Waals surface area contributed by atoms with Crippen LogP contribution in [0.5, 0.6) is 0 Å². The zero-order valence-electron chi connectivity index (χ0n) is 12.8. The lowest BCUT2D eigenvalue weighted by Gasteiger charge is -2.38. The van der Waals surface area contributed by atoms with Gasteiger partial charge in [0.2, 0.25) is 5.91 Å². The molecule has 0 aliphatic carbocycles. The van der Waals surface area contributed by atoms with Crippen molar-refractivity contribution in [1.29, 1.82) is 0 Å². The number of hydrogen-bond acceptors (Lipinski definition) is 4. The van der Waals surface area contributed by atoms with Crippen molar-refractivity contribution < 1.29 is 9.53 Å². The number of ether oxygens (including phenoxy) is 1. The van der Waals surface area contributed by atoms with E-state index in [0.717, 1.165) is 45.5 Å². The maximum Gasteiger partial charge on any atom is 0.237 e. The SMILES string of the molecule is CNC(C)(CCCCN1CCOC(C)(C)C1)C(N)=O. The van der Waals surface area contributed by atoms with Crippen LogP contribution in [0.25, 0.3) is 0 Å². The molecule has 0 aromatic rings. The minimum Gasteiger partial charge on any atom is -0.373 e. The molecule has 0 aromatic carbocycles. The summed E-state index contributed by atoms with van der Waals surface area (Å²) >= 11 is 0. The quantitative estimate of drug-likeness (QED) is 0.670. The van der Waals surface area contributed by atoms with Crippen LogP contribution in [-0.4, -0.2) is 55.2 Å². The van der Waals surface area contributed by atoms with Crippen molar-refractivity contribution in [3.8, 4) is 0 Å². The molecule has 5 heteroatoms. The zero-order chi connectivity index (χ0) is 14.5. The molecule has 1 aliphatic heterocycles. The molecule has 0 saturated carbocycles. The maximum atomic E-state index is 11.4. The number of amides is 1. The second-order valence-corrected chi connectivity index (χ2v) is 6.29. The Morgan fingerprint density at radius 2 is 2.16 bits per heavy atom. The van der Waals surface area contributed by atoms with Crippen LogP contribution in [0.1, 0.15) is 40.0 Å². The third kappa shape index (κ3) is 5.09. The molecule has 5 nitrogen and oxygen atoms in total. The average Bonchev–Trinajstić information content (AvgIpc) is 2.33. The van der Waals surface area contributed by atoms with E-state index in [4.69, 9.17) is 10.5 Å². The predicted molar refractivity (Wildman–Crippen MR) is 77.0 cm³/mol. The Hall–Kier alpha value is -0.650. The van der Waals surface area contributed by atoms with Crippen LogP contribution >= 0.6 is 0 Å². The molecular weight excluding hydrogens is 242 g/mol. The molecule has 1 heterocycles. The molecule has 1 saturated heterocycles. The fraction of sp³-hybridized carbons (Fsp3) is 0.929. The lowest BCUT2D eigenvalue weighted by molar-refractivity contribution is -0.123. The van der Waals surface area contributed by atoms with Gasteiger partial charge >= 0.3 is 0 Å². The Labute approximate surface area is 116 Å². The number of primary amides is 1. The molecular formula is C14H29N3O2. The molecule has 19 heavy (non-hydrogen) atoms. The van der Waals surface area contributed by atoms with E-state index < -0.39 is 5.54 Å². The largest absolute Gasteiger partial charge is 0.373 e. The Kier molecular flexibility index (Phi) is 5.77. The van der Waals surface area contributed by atoms with Gasteiger partial charge in [0.25, 0.3) is 0 Å². The highest BCUT2D eigenvalue weighted by Crippen LogP contribution is 2.18. The van der Waals surface area contributed by atoms with Crippen molar-refractivity contribution in [2.75, 3.05) is 33.3 Å². The molecule has 112 valence electrons. The number of carbonyl (C=O) groups excluding carboxylic acids is 1. The zero-order valence-corrected chi connectivity index (χ0v) is 12.8. The van der Waals surface area contributed by atoms with Gasteiger partial charge < -0.3 is 15.8 Å². The van der Waals surface area contributed by atoms with Crippen LogP contribution in [0.4, 0.5) is 0 Å². The van der Waals surface area contributed by atoms with E-state index in [1.807, 2.05) is 6.92 Å². The fourth-order valence-corrected chi connectivity index (χ4v) is 2.49. The second-order valence-electron chi connectivity index (χ2n) is 6.29. The van der Waals surface area contributed by atoms with Gasteiger partial charge in [0.1, 0.15) is 0 Å². The summed E-state index contributed by atoms with van der Waals surface area (Å²) in [5.74, 6) is -0.275. The summed E-state index contributed by atoms with van der Waals surface area (Å²) in [5.41, 5.74) is 4.80. The van der Waals surface area contributed by atoms with Crippen LogP contribution in [0, 0.1) is 0 Å². The van der Waals surface area contributed by atoms with Crippen LogP contribution in [0.3, 0.4) is 0 Å². The number of likely N-dealkylation sites (N-methyl/N-ethyl adjacent to an activating group) is 1. The van der Waals surface area contributed by atoms with E-state index in [2.05, 4.69) is 24.1 Å². The Bertz CT molecular complexity index is 307. The van der Waals surface area contributed by atoms with Crippen LogP contribution in [0.15, 0.2) is 0 Å². The van der Waals surface area contributed by atoms with E-state index >= 15 is 0 Å². The van der Waals surface area contributed by atoms with Crippen molar-refractivity contribution >= 4 is 5.91 Å². The molecule has 3 N–H and O–H groups in total. The highest BCUT2D eigenvalue weighted by Gasteiger charge is 2.29. The van der Waals surface area contributed by atoms with E-state index in [-0.39, 0.29) is 11.5 Å². The van der Waals surface area contributed by atoms with E-state index in [9.17, 15) is 4.79 Å². The Balaban J connectivity index is 2.25. The maximum absolute atomic E-state index is 11.4. The number of rotatable bonds is 7. The molecule has 0 bridgehead atoms. The molecule has 0 aromatic heterocycles. The van der Waals surface area contributed by atoms with Gasteiger partial charge in [-0.2, -0.15) is 0 Å². The number of nitrogens with zero attached hydrogens (tertiary/aromatic N) is 1. The first-order valence-electron chi connectivity index (χ1n) is 7.14. The third-order valence-electron chi connectivity index (χ3n) is 4.00. The first kappa shape index (κ1) is 16.4. The van der Waals surface area contributed by atoms with Crippen molar-refractivity contribution in [2.24, 2.45) is 5.73 Å². The number of carbonyl (C=O) groups is 1. The average molecular weight is 271 g/mol. The molecule has 0 radical (unpaired) electrons. The van der Waals surface area contributed by atoms with Gasteiger partial charge in [-0.25, -0.2) is 0 Å². The van der Waals surface area contributed by atoms with E-state index in [0.29, 0.717) is 0 Å². The van der Waals surface area contributed by atoms with Gasteiger partial charge in [0.15, 0.2) is 0 Å². The van der Waals surface area contributed by atoms with Gasteiger partial charge in [-0.1, -0.05) is 0 Å². The summed E-state index contributed by atoms with van der Waals surface area (Å²) in [4.78, 5) is 13.8. The lowest BCUT2D eigenvalue weighted by Crippen LogP contribution is -2.51. The molecule has 1 rings (SSSR count). The van der Waals surface area contributed by atoms with Gasteiger partial charge in [0, 0.05) is 13.1 Å². The Morgan fingerprint density at radius 1 is 1.47 bits per heavy atom. The smallest absolute Gasteiger partial charge is 0.237 e. The van der Waals surface area contributed by atoms with Gasteiger partial charge in [-0.3, -0.25) is 9.69 Å². The fourth-order valence-electron chi connectivity index (χ4n) is 2.49. The van der Waals surface area contributed by atoms with Crippen molar-refractivity contribution in [3.63, 3.8) is 0 Å². The van der Waals surface area contributed by atoms with E-state index in [1.165, 1.54) is 0 Å². The minimum absolute atomic E-state index is 0.0367. The molecule has 1 fully saturated rings. The van der Waals surface area contributed by atoms with Crippen molar-refractivity contribution in [1.82, 2.24) is 10.2 Å². The third-order valence-corrected chi connectivity index (χ3v) is 4.00. The molecule has 1 atom stereocenters. The highest BCUT2D eigenvalue weighted by molar-refractivity contribution is 5.84. The number of nitrogens with two attached hydrogens (primary N) is 1. The van der Waals surface area contributed by atoms with E-state index in [1.54, 1.807) is 7.05 Å². The summed E-state index contributed by atoms with van der Waals surface area (Å²) in [6, 6.07) is 0. The van der Waals surface area contributed by atoms with Crippen LogP contribution in [-0.2, 0) is 9.53 Å². The minimum atomic E-state index is -0.579. The lowest BCUT2D eigenvalue weighted by atomic mass is 9.94. The normalized spacial score (nSPS) is 22.9. The van der Waals surface area contributed by atoms with Crippen LogP contribution in [0.2, 0.25) is 0 Å². The molecule has 1 amide bonds. The Morgan fingerprint density at radius 3 is 2.68 bits per heavy atom. The molecule has 1 aliphatic rings. The standard InChI is InChI=1S/C14H29N3O2/c1-13(2)11-17(9-10-19-13)8-6-5-7-14(3,16-4)12(15)18/h16H,5-11H2,1-4H3,(H2,15,18). The number of morpholine rings is 1. The molecule has 1 unspecified atom stereocenters. The molecule has 0 spiro atoms. The topological polar surface area (TPSA) is 67.6 Å². The summed E-state index contributed by atoms with van der Waals surface area (Å²) in [5, 5.41) is 3.02. The van der Waals surface area contributed by atoms with Gasteiger partial charge in [-0.15, -0.1) is 0 Å². The summed E-state index contributed by atoms with van der Waals surface area (Å²) in [6.07, 6.45) is 2.87. The number of nitrogens with one attached hydrogen (secondary N) is 1. The second kappa shape index (κ2) is 6.68. The van der Waals surface area contributed by atoms with Crippen molar-refractivity contribution in [3.05, 3.63) is 0 Å². The van der Waals surface area contributed by atoms with Gasteiger partial charge in [-0.05, 0) is 53.6 Å². The summed E-state index contributed by atoms with van der Waals surface area (Å²) < 4.78 is 5.69. The monoisotopic (exact) mass is 271 g/mol. The van der Waals surface area contributed by atoms with Crippen molar-refractivity contribution in [2.45, 2.75) is 51.2 Å². The van der Waals surface area contributed by atoms with Gasteiger partial charge in [0.05, 0.1) is 17.7 Å². The number of unbranched alkanes of at least 4 members (excludes halogenated alkanes) is 1. The van der Waals surface area contributed by atoms with Crippen LogP contribution < -0.4 is 11.1 Å². The highest BCUT2D eigenvalue weighted by atomic mass is 16.5. The number of hydrogen-bond donors (Lipinski definition) is 2. The first-order chi connectivity index (χ1) is 8.79. The summed E-state index contributed by atoms with van der Waals surface area (Å²) in [6.45, 7) is 9.98.